The molecular weight excluding hydrogens is 304 g/mol. The summed E-state index contributed by atoms with van der Waals surface area (Å²) >= 11 is 0. The maximum absolute atomic E-state index is 5.45. The highest BCUT2D eigenvalue weighted by Gasteiger charge is 2.14. The van der Waals surface area contributed by atoms with Gasteiger partial charge in [0.1, 0.15) is 5.75 Å². The number of benzene rings is 2. The van der Waals surface area contributed by atoms with Crippen molar-refractivity contribution in [1.82, 2.24) is 15.0 Å². The van der Waals surface area contributed by atoms with Crippen molar-refractivity contribution in [2.24, 2.45) is 5.10 Å². The second-order valence-corrected chi connectivity index (χ2v) is 5.31. The van der Waals surface area contributed by atoms with Crippen molar-refractivity contribution < 1.29 is 4.74 Å². The van der Waals surface area contributed by atoms with Crippen LogP contribution in [0.5, 0.6) is 5.75 Å². The normalized spacial score (nSPS) is 10.5. The minimum atomic E-state index is 0.346. The van der Waals surface area contributed by atoms with E-state index in [0.717, 1.165) is 22.1 Å². The van der Waals surface area contributed by atoms with E-state index in [9.17, 15) is 0 Å². The molecule has 0 fully saturated rings. The van der Waals surface area contributed by atoms with Crippen LogP contribution in [0.4, 0.5) is 11.9 Å². The third kappa shape index (κ3) is 2.83. The van der Waals surface area contributed by atoms with Crippen molar-refractivity contribution in [3.8, 4) is 17.1 Å². The molecule has 3 rings (SSSR count). The minimum Gasteiger partial charge on any atom is -0.496 e. The molecule has 0 saturated carbocycles. The minimum absolute atomic E-state index is 0.346. The van der Waals surface area contributed by atoms with Gasteiger partial charge < -0.3 is 9.64 Å². The van der Waals surface area contributed by atoms with Gasteiger partial charge in [0, 0.05) is 31.8 Å². The van der Waals surface area contributed by atoms with E-state index in [1.165, 1.54) is 0 Å². The fourth-order valence-corrected chi connectivity index (χ4v) is 2.45. The van der Waals surface area contributed by atoms with Crippen molar-refractivity contribution in [2.75, 3.05) is 31.5 Å². The first-order valence-corrected chi connectivity index (χ1v) is 7.35. The SMILES string of the molecule is C=NNc1nc(-c2ccc(OC)c3ccccc23)nc(N(C)C)n1. The molecule has 7 nitrogen and oxygen atoms in total. The van der Waals surface area contributed by atoms with Gasteiger partial charge in [-0.05, 0) is 17.5 Å². The molecule has 24 heavy (non-hydrogen) atoms. The number of methoxy groups -OCH3 is 1. The number of rotatable bonds is 5. The summed E-state index contributed by atoms with van der Waals surface area (Å²) in [6.07, 6.45) is 0. The quantitative estimate of drug-likeness (QED) is 0.575. The van der Waals surface area contributed by atoms with Crippen LogP contribution in [-0.2, 0) is 0 Å². The molecule has 0 aliphatic carbocycles. The van der Waals surface area contributed by atoms with Crippen LogP contribution in [0.1, 0.15) is 0 Å². The van der Waals surface area contributed by atoms with Crippen LogP contribution in [0.25, 0.3) is 22.2 Å². The third-order valence-electron chi connectivity index (χ3n) is 3.55. The number of hydrogen-bond donors (Lipinski definition) is 1. The molecule has 0 unspecified atom stereocenters. The highest BCUT2D eigenvalue weighted by molar-refractivity contribution is 5.99. The summed E-state index contributed by atoms with van der Waals surface area (Å²) in [4.78, 5) is 15.1. The molecule has 0 saturated heterocycles. The first-order chi connectivity index (χ1) is 11.6. The fourth-order valence-electron chi connectivity index (χ4n) is 2.45. The van der Waals surface area contributed by atoms with Gasteiger partial charge in [-0.25, -0.2) is 5.43 Å². The smallest absolute Gasteiger partial charge is 0.248 e. The van der Waals surface area contributed by atoms with Crippen LogP contribution in [0.15, 0.2) is 41.5 Å². The van der Waals surface area contributed by atoms with E-state index in [1.807, 2.05) is 55.4 Å². The Balaban J connectivity index is 2.25. The molecule has 7 heteroatoms. The van der Waals surface area contributed by atoms with E-state index in [4.69, 9.17) is 4.74 Å². The Hall–Kier alpha value is -3.22. The third-order valence-corrected chi connectivity index (χ3v) is 3.55. The number of aromatic nitrogens is 3. The summed E-state index contributed by atoms with van der Waals surface area (Å²) in [7, 11) is 5.40. The number of nitrogens with one attached hydrogen (secondary N) is 1. The van der Waals surface area contributed by atoms with Crippen molar-refractivity contribution >= 4 is 29.4 Å². The number of nitrogens with zero attached hydrogens (tertiary/aromatic N) is 5. The van der Waals surface area contributed by atoms with Gasteiger partial charge in [-0.3, -0.25) is 0 Å². The van der Waals surface area contributed by atoms with Crippen molar-refractivity contribution in [2.45, 2.75) is 0 Å². The van der Waals surface area contributed by atoms with Crippen LogP contribution in [0, 0.1) is 0 Å². The zero-order valence-electron chi connectivity index (χ0n) is 13.8. The van der Waals surface area contributed by atoms with E-state index >= 15 is 0 Å². The molecule has 0 radical (unpaired) electrons. The highest BCUT2D eigenvalue weighted by atomic mass is 16.5. The van der Waals surface area contributed by atoms with Gasteiger partial charge in [0.25, 0.3) is 0 Å². The second-order valence-electron chi connectivity index (χ2n) is 5.31. The van der Waals surface area contributed by atoms with Crippen molar-refractivity contribution in [3.63, 3.8) is 0 Å². The van der Waals surface area contributed by atoms with Gasteiger partial charge in [0.15, 0.2) is 5.82 Å². The van der Waals surface area contributed by atoms with Gasteiger partial charge in [0.05, 0.1) is 7.11 Å². The summed E-state index contributed by atoms with van der Waals surface area (Å²) in [5, 5.41) is 5.65. The molecule has 0 aliphatic heterocycles. The van der Waals surface area contributed by atoms with E-state index in [-0.39, 0.29) is 0 Å². The molecule has 0 bridgehead atoms. The molecule has 3 aromatic rings. The Kier molecular flexibility index (Phi) is 4.24. The standard InChI is InChI=1S/C17H18N6O/c1-18-22-16-19-15(20-17(21-16)23(2)3)13-9-10-14(24-4)12-8-6-5-7-11(12)13/h5-10H,1H2,2-4H3,(H,19,20,21,22). The molecule has 0 spiro atoms. The molecule has 0 atom stereocenters. The van der Waals surface area contributed by atoms with E-state index in [0.29, 0.717) is 17.7 Å². The lowest BCUT2D eigenvalue weighted by Crippen LogP contribution is -2.15. The number of hydrogen-bond acceptors (Lipinski definition) is 7. The van der Waals surface area contributed by atoms with Gasteiger partial charge >= 0.3 is 0 Å². The Morgan fingerprint density at radius 3 is 2.46 bits per heavy atom. The fraction of sp³-hybridized carbons (Fsp3) is 0.176. The number of anilines is 2. The maximum Gasteiger partial charge on any atom is 0.248 e. The average molecular weight is 322 g/mol. The van der Waals surface area contributed by atoms with Crippen LogP contribution in [-0.4, -0.2) is 42.9 Å². The molecule has 0 aliphatic rings. The van der Waals surface area contributed by atoms with Gasteiger partial charge in [-0.1, -0.05) is 24.3 Å². The van der Waals surface area contributed by atoms with Crippen molar-refractivity contribution in [1.29, 1.82) is 0 Å². The zero-order chi connectivity index (χ0) is 17.1. The van der Waals surface area contributed by atoms with Gasteiger partial charge in [-0.2, -0.15) is 20.1 Å². The highest BCUT2D eigenvalue weighted by Crippen LogP contribution is 2.33. The Labute approximate surface area is 140 Å². The Bertz CT molecular complexity index is 893. The van der Waals surface area contributed by atoms with Crippen molar-refractivity contribution in [3.05, 3.63) is 36.4 Å². The summed E-state index contributed by atoms with van der Waals surface area (Å²) in [5.74, 6) is 2.24. The van der Waals surface area contributed by atoms with E-state index < -0.39 is 0 Å². The van der Waals surface area contributed by atoms with Gasteiger partial charge in [0.2, 0.25) is 11.9 Å². The molecule has 1 aromatic heterocycles. The topological polar surface area (TPSA) is 75.5 Å². The van der Waals surface area contributed by atoms with Crippen LogP contribution >= 0.6 is 0 Å². The summed E-state index contributed by atoms with van der Waals surface area (Å²) < 4.78 is 5.45. The number of hydrazone groups is 1. The van der Waals surface area contributed by atoms with E-state index in [2.05, 4.69) is 32.2 Å². The molecule has 0 amide bonds. The monoisotopic (exact) mass is 322 g/mol. The summed E-state index contributed by atoms with van der Waals surface area (Å²) in [5.41, 5.74) is 3.58. The first kappa shape index (κ1) is 15.7. The maximum atomic E-state index is 5.45. The Morgan fingerprint density at radius 1 is 1.04 bits per heavy atom. The van der Waals surface area contributed by atoms with E-state index in [1.54, 1.807) is 7.11 Å². The second kappa shape index (κ2) is 6.49. The zero-order valence-corrected chi connectivity index (χ0v) is 13.8. The molecular formula is C17H18N6O. The number of ether oxygens (including phenoxy) is 1. The predicted molar refractivity (Wildman–Crippen MR) is 96.8 cm³/mol. The largest absolute Gasteiger partial charge is 0.496 e. The summed E-state index contributed by atoms with van der Waals surface area (Å²) in [6, 6.07) is 11.8. The Morgan fingerprint density at radius 2 is 1.79 bits per heavy atom. The lowest BCUT2D eigenvalue weighted by atomic mass is 10.0. The lowest BCUT2D eigenvalue weighted by Gasteiger charge is -2.14. The van der Waals surface area contributed by atoms with Crippen LogP contribution in [0.2, 0.25) is 0 Å². The molecule has 2 aromatic carbocycles. The first-order valence-electron chi connectivity index (χ1n) is 7.35. The molecule has 1 N–H and O–H groups in total. The molecule has 1 heterocycles. The average Bonchev–Trinajstić information content (AvgIpc) is 2.60. The van der Waals surface area contributed by atoms with Crippen LogP contribution < -0.4 is 15.1 Å². The predicted octanol–water partition coefficient (Wildman–Crippen LogP) is 2.79. The lowest BCUT2D eigenvalue weighted by molar-refractivity contribution is 0.420. The molecule has 122 valence electrons. The summed E-state index contributed by atoms with van der Waals surface area (Å²) in [6.45, 7) is 3.41. The van der Waals surface area contributed by atoms with Gasteiger partial charge in [-0.15, -0.1) is 0 Å². The van der Waals surface area contributed by atoms with Crippen LogP contribution in [0.3, 0.4) is 0 Å². The number of fused-ring (bicyclic) bond motifs is 1.